The predicted molar refractivity (Wildman–Crippen MR) is 127 cm³/mol. The number of nitrogens with one attached hydrogen (secondary N) is 2. The fourth-order valence-electron chi connectivity index (χ4n) is 4.57. The monoisotopic (exact) mass is 432 g/mol. The highest BCUT2D eigenvalue weighted by molar-refractivity contribution is 6.31. The van der Waals surface area contributed by atoms with Gasteiger partial charge in [-0.05, 0) is 92.3 Å². The number of halogens is 1. The summed E-state index contributed by atoms with van der Waals surface area (Å²) in [6, 6.07) is 17.5. The van der Waals surface area contributed by atoms with Crippen molar-refractivity contribution in [2.24, 2.45) is 0 Å². The van der Waals surface area contributed by atoms with E-state index in [1.54, 1.807) is 6.20 Å². The lowest BCUT2D eigenvalue weighted by Gasteiger charge is -2.23. The molecule has 5 heteroatoms. The second-order valence-corrected chi connectivity index (χ2v) is 9.14. The Labute approximate surface area is 189 Å². The zero-order valence-corrected chi connectivity index (χ0v) is 18.5. The Morgan fingerprint density at radius 2 is 1.68 bits per heavy atom. The Hall–Kier alpha value is -2.43. The number of aromatic nitrogens is 2. The van der Waals surface area contributed by atoms with Crippen LogP contribution in [0.1, 0.15) is 59.9 Å². The number of piperidine rings is 1. The van der Waals surface area contributed by atoms with E-state index in [1.165, 1.54) is 42.4 Å². The molecule has 160 valence electrons. The molecule has 2 fully saturated rings. The van der Waals surface area contributed by atoms with Gasteiger partial charge in [0, 0.05) is 5.69 Å². The molecule has 2 heterocycles. The van der Waals surface area contributed by atoms with Crippen molar-refractivity contribution in [2.45, 2.75) is 50.4 Å². The highest BCUT2D eigenvalue weighted by Crippen LogP contribution is 2.41. The first-order chi connectivity index (χ1) is 15.3. The van der Waals surface area contributed by atoms with Crippen molar-refractivity contribution in [3.05, 3.63) is 82.1 Å². The molecule has 1 aliphatic carbocycles. The molecule has 1 saturated heterocycles. The average Bonchev–Trinajstić information content (AvgIpc) is 3.66. The fourth-order valence-corrected chi connectivity index (χ4v) is 4.75. The molecule has 2 aromatic carbocycles. The normalized spacial score (nSPS) is 16.9. The van der Waals surface area contributed by atoms with Crippen molar-refractivity contribution in [1.29, 1.82) is 0 Å². The van der Waals surface area contributed by atoms with Gasteiger partial charge in [-0.15, -0.1) is 0 Å². The number of nitrogens with zero attached hydrogens (tertiary/aromatic N) is 2. The molecule has 1 saturated carbocycles. The van der Waals surface area contributed by atoms with Crippen LogP contribution in [0.4, 0.5) is 11.6 Å². The van der Waals surface area contributed by atoms with Crippen LogP contribution in [0.15, 0.2) is 54.7 Å². The van der Waals surface area contributed by atoms with Crippen LogP contribution in [-0.4, -0.2) is 23.1 Å². The second kappa shape index (κ2) is 9.37. The first-order valence-electron chi connectivity index (χ1n) is 11.4. The van der Waals surface area contributed by atoms with Gasteiger partial charge in [-0.3, -0.25) is 0 Å². The third kappa shape index (κ3) is 5.08. The summed E-state index contributed by atoms with van der Waals surface area (Å²) in [7, 11) is 0. The summed E-state index contributed by atoms with van der Waals surface area (Å²) < 4.78 is 0. The average molecular weight is 433 g/mol. The zero-order valence-electron chi connectivity index (χ0n) is 17.8. The first kappa shape index (κ1) is 20.5. The Balaban J connectivity index is 1.25. The number of hydrogen-bond acceptors (Lipinski definition) is 4. The summed E-state index contributed by atoms with van der Waals surface area (Å²) in [5.41, 5.74) is 6.24. The van der Waals surface area contributed by atoms with E-state index < -0.39 is 0 Å². The van der Waals surface area contributed by atoms with Crippen LogP contribution in [0.3, 0.4) is 0 Å². The lowest BCUT2D eigenvalue weighted by molar-refractivity contribution is 0.460. The van der Waals surface area contributed by atoms with E-state index >= 15 is 0 Å². The molecule has 0 spiro atoms. The Kier molecular flexibility index (Phi) is 6.19. The Bertz CT molecular complexity index is 1020. The van der Waals surface area contributed by atoms with Crippen molar-refractivity contribution >= 4 is 23.2 Å². The van der Waals surface area contributed by atoms with E-state index in [0.717, 1.165) is 43.2 Å². The molecule has 31 heavy (non-hydrogen) atoms. The number of rotatable bonds is 7. The fraction of sp³-hybridized carbons (Fsp3) is 0.385. The third-order valence-electron chi connectivity index (χ3n) is 6.50. The maximum Gasteiger partial charge on any atom is 0.227 e. The quantitative estimate of drug-likeness (QED) is 0.480. The van der Waals surface area contributed by atoms with E-state index in [2.05, 4.69) is 64.1 Å². The van der Waals surface area contributed by atoms with E-state index in [1.807, 2.05) is 0 Å². The van der Waals surface area contributed by atoms with Crippen LogP contribution < -0.4 is 10.6 Å². The lowest BCUT2D eigenvalue weighted by Crippen LogP contribution is -2.26. The molecule has 4 nitrogen and oxygen atoms in total. The van der Waals surface area contributed by atoms with Gasteiger partial charge in [0.05, 0.1) is 16.9 Å². The van der Waals surface area contributed by atoms with Gasteiger partial charge >= 0.3 is 0 Å². The van der Waals surface area contributed by atoms with Gasteiger partial charge in [0.2, 0.25) is 5.95 Å². The summed E-state index contributed by atoms with van der Waals surface area (Å²) in [6.07, 6.45) is 8.52. The van der Waals surface area contributed by atoms with Crippen molar-refractivity contribution in [3.63, 3.8) is 0 Å². The maximum absolute atomic E-state index is 6.43. The minimum absolute atomic E-state index is 0.601. The predicted octanol–water partition coefficient (Wildman–Crippen LogP) is 6.00. The largest absolute Gasteiger partial charge is 0.324 e. The Morgan fingerprint density at radius 1 is 0.903 bits per heavy atom. The van der Waals surface area contributed by atoms with Crippen LogP contribution in [0.25, 0.3) is 0 Å². The van der Waals surface area contributed by atoms with Crippen molar-refractivity contribution in [1.82, 2.24) is 15.3 Å². The zero-order chi connectivity index (χ0) is 21.0. The van der Waals surface area contributed by atoms with Gasteiger partial charge in [-0.1, -0.05) is 48.0 Å². The highest BCUT2D eigenvalue weighted by atomic mass is 35.5. The van der Waals surface area contributed by atoms with E-state index in [4.69, 9.17) is 16.6 Å². The molecular weight excluding hydrogens is 404 g/mol. The van der Waals surface area contributed by atoms with Crippen LogP contribution in [0.5, 0.6) is 0 Å². The van der Waals surface area contributed by atoms with Crippen LogP contribution in [0.2, 0.25) is 5.02 Å². The van der Waals surface area contributed by atoms with E-state index in [-0.39, 0.29) is 0 Å². The minimum Gasteiger partial charge on any atom is -0.324 e. The van der Waals surface area contributed by atoms with Crippen LogP contribution in [0, 0.1) is 0 Å². The van der Waals surface area contributed by atoms with Crippen LogP contribution in [-0.2, 0) is 12.8 Å². The molecule has 1 aromatic heterocycles. The van der Waals surface area contributed by atoms with Crippen molar-refractivity contribution in [2.75, 3.05) is 18.4 Å². The highest BCUT2D eigenvalue weighted by Gasteiger charge is 2.25. The molecular formula is C26H29ClN4. The molecule has 2 aliphatic rings. The summed E-state index contributed by atoms with van der Waals surface area (Å²) >= 11 is 6.43. The molecule has 1 aliphatic heterocycles. The van der Waals surface area contributed by atoms with E-state index in [0.29, 0.717) is 16.9 Å². The molecule has 0 unspecified atom stereocenters. The molecule has 5 rings (SSSR count). The molecule has 0 radical (unpaired) electrons. The molecule has 0 amide bonds. The molecule has 2 N–H and O–H groups in total. The maximum atomic E-state index is 6.43. The standard InChI is InChI=1S/C26H29ClN4/c27-24-17-29-26(30-22-10-7-18(8-11-22)19-13-15-28-16-14-19)31-25(24)12-9-20-3-1-2-4-23(20)21-5-6-21/h1-4,7-8,10-11,17,19,21,28H,5-6,9,12-16H2,(H,29,30,31). The van der Waals surface area contributed by atoms with E-state index in [9.17, 15) is 0 Å². The smallest absolute Gasteiger partial charge is 0.227 e. The lowest BCUT2D eigenvalue weighted by atomic mass is 9.90. The summed E-state index contributed by atoms with van der Waals surface area (Å²) in [5, 5.41) is 7.41. The van der Waals surface area contributed by atoms with Gasteiger partial charge in [-0.2, -0.15) is 0 Å². The van der Waals surface area contributed by atoms with Gasteiger partial charge < -0.3 is 10.6 Å². The summed E-state index contributed by atoms with van der Waals surface area (Å²) in [6.45, 7) is 2.22. The first-order valence-corrected chi connectivity index (χ1v) is 11.8. The van der Waals surface area contributed by atoms with Gasteiger partial charge in [0.1, 0.15) is 0 Å². The minimum atomic E-state index is 0.601. The number of hydrogen-bond donors (Lipinski definition) is 2. The van der Waals surface area contributed by atoms with Gasteiger partial charge in [-0.25, -0.2) is 9.97 Å². The number of aryl methyl sites for hydroxylation is 2. The molecule has 3 aromatic rings. The number of anilines is 2. The number of benzene rings is 2. The summed E-state index contributed by atoms with van der Waals surface area (Å²) in [5.74, 6) is 2.01. The third-order valence-corrected chi connectivity index (χ3v) is 6.81. The second-order valence-electron chi connectivity index (χ2n) is 8.73. The SMILES string of the molecule is Clc1cnc(Nc2ccc(C3CCNCC3)cc2)nc1CCc1ccccc1C1CC1. The topological polar surface area (TPSA) is 49.8 Å². The van der Waals surface area contributed by atoms with Crippen LogP contribution >= 0.6 is 11.6 Å². The van der Waals surface area contributed by atoms with Crippen molar-refractivity contribution in [3.8, 4) is 0 Å². The van der Waals surface area contributed by atoms with Gasteiger partial charge in [0.15, 0.2) is 0 Å². The molecule has 0 atom stereocenters. The summed E-state index contributed by atoms with van der Waals surface area (Å²) in [4.78, 5) is 9.12. The van der Waals surface area contributed by atoms with Crippen molar-refractivity contribution < 1.29 is 0 Å². The molecule has 0 bridgehead atoms. The Morgan fingerprint density at radius 3 is 2.45 bits per heavy atom. The van der Waals surface area contributed by atoms with Gasteiger partial charge in [0.25, 0.3) is 0 Å².